The number of hydrogen-bond donors (Lipinski definition) is 2. The minimum absolute atomic E-state index is 0.0322. The quantitative estimate of drug-likeness (QED) is 0.713. The van der Waals surface area contributed by atoms with Crippen molar-refractivity contribution in [3.05, 3.63) is 35.4 Å². The van der Waals surface area contributed by atoms with Crippen LogP contribution in [0.5, 0.6) is 0 Å². The molecule has 0 bridgehead atoms. The molecule has 1 saturated heterocycles. The van der Waals surface area contributed by atoms with Crippen LogP contribution in [-0.4, -0.2) is 34.8 Å². The number of carbonyl (C=O) groups excluding carboxylic acids is 3. The summed E-state index contributed by atoms with van der Waals surface area (Å²) >= 11 is 0. The molecule has 30 heavy (non-hydrogen) atoms. The van der Waals surface area contributed by atoms with Gasteiger partial charge >= 0.3 is 6.03 Å². The van der Waals surface area contributed by atoms with Gasteiger partial charge in [-0.3, -0.25) is 14.5 Å². The molecule has 0 unspecified atom stereocenters. The molecular weight excluding hydrogens is 378 g/mol. The Morgan fingerprint density at radius 1 is 1.13 bits per heavy atom. The van der Waals surface area contributed by atoms with Gasteiger partial charge in [-0.25, -0.2) is 4.79 Å². The van der Waals surface area contributed by atoms with Crippen molar-refractivity contribution >= 4 is 17.8 Å². The van der Waals surface area contributed by atoms with E-state index in [0.29, 0.717) is 24.7 Å². The van der Waals surface area contributed by atoms with Gasteiger partial charge in [0.2, 0.25) is 5.91 Å². The second kappa shape index (κ2) is 8.05. The number of hydrogen-bond acceptors (Lipinski definition) is 3. The molecule has 3 atom stereocenters. The molecule has 1 aromatic carbocycles. The summed E-state index contributed by atoms with van der Waals surface area (Å²) in [7, 11) is 0. The maximum atomic E-state index is 13.2. The molecule has 164 valence electrons. The Hall–Kier alpha value is -2.37. The second-order valence-electron chi connectivity index (χ2n) is 10.4. The van der Waals surface area contributed by atoms with E-state index in [1.807, 2.05) is 19.1 Å². The van der Waals surface area contributed by atoms with Crippen molar-refractivity contribution in [1.82, 2.24) is 15.5 Å². The van der Waals surface area contributed by atoms with Crippen molar-refractivity contribution in [2.24, 2.45) is 11.3 Å². The standard InChI is InChI=1S/C24H35N3O3/c1-15(2)18-7-9-19(10-8-18)17(4)25-20(28)13-27-21(29)24(26-22(27)30)12-16(3)11-23(5,6)14-24/h7-10,15-17H,11-14H2,1-6H3,(H,25,28)(H,26,30)/t16-,17+,24-/m0/s1. The van der Waals surface area contributed by atoms with Gasteiger partial charge < -0.3 is 10.6 Å². The summed E-state index contributed by atoms with van der Waals surface area (Å²) in [5.41, 5.74) is 1.32. The summed E-state index contributed by atoms with van der Waals surface area (Å²) in [6.45, 7) is 12.3. The van der Waals surface area contributed by atoms with Crippen molar-refractivity contribution in [3.63, 3.8) is 0 Å². The molecule has 2 aliphatic rings. The maximum Gasteiger partial charge on any atom is 0.325 e. The van der Waals surface area contributed by atoms with Crippen LogP contribution in [0, 0.1) is 11.3 Å². The average Bonchev–Trinajstić information content (AvgIpc) is 2.83. The van der Waals surface area contributed by atoms with Gasteiger partial charge in [0, 0.05) is 0 Å². The Morgan fingerprint density at radius 2 is 1.73 bits per heavy atom. The summed E-state index contributed by atoms with van der Waals surface area (Å²) < 4.78 is 0. The normalized spacial score (nSPS) is 26.8. The van der Waals surface area contributed by atoms with E-state index in [2.05, 4.69) is 57.4 Å². The van der Waals surface area contributed by atoms with E-state index >= 15 is 0 Å². The lowest BCUT2D eigenvalue weighted by molar-refractivity contribution is -0.137. The van der Waals surface area contributed by atoms with Crippen LogP contribution < -0.4 is 10.6 Å². The van der Waals surface area contributed by atoms with Crippen LogP contribution in [0.3, 0.4) is 0 Å². The van der Waals surface area contributed by atoms with Crippen molar-refractivity contribution in [1.29, 1.82) is 0 Å². The molecule has 1 aliphatic heterocycles. The van der Waals surface area contributed by atoms with Crippen LogP contribution in [0.1, 0.15) is 83.9 Å². The highest BCUT2D eigenvalue weighted by Gasteiger charge is 2.56. The van der Waals surface area contributed by atoms with E-state index in [9.17, 15) is 14.4 Å². The van der Waals surface area contributed by atoms with Gasteiger partial charge in [0.15, 0.2) is 0 Å². The lowest BCUT2D eigenvalue weighted by atomic mass is 9.64. The van der Waals surface area contributed by atoms with Crippen molar-refractivity contribution in [3.8, 4) is 0 Å². The number of benzene rings is 1. The molecule has 1 aromatic rings. The zero-order valence-corrected chi connectivity index (χ0v) is 19.0. The van der Waals surface area contributed by atoms with E-state index in [0.717, 1.165) is 16.9 Å². The highest BCUT2D eigenvalue weighted by atomic mass is 16.2. The number of nitrogens with one attached hydrogen (secondary N) is 2. The molecular formula is C24H35N3O3. The van der Waals surface area contributed by atoms with Gasteiger partial charge in [-0.05, 0) is 54.6 Å². The molecule has 6 nitrogen and oxygen atoms in total. The molecule has 1 saturated carbocycles. The highest BCUT2D eigenvalue weighted by Crippen LogP contribution is 2.46. The monoisotopic (exact) mass is 413 g/mol. The van der Waals surface area contributed by atoms with Gasteiger partial charge in [-0.15, -0.1) is 0 Å². The number of urea groups is 1. The van der Waals surface area contributed by atoms with Gasteiger partial charge in [0.05, 0.1) is 6.04 Å². The Morgan fingerprint density at radius 3 is 2.30 bits per heavy atom. The van der Waals surface area contributed by atoms with Crippen molar-refractivity contribution in [2.75, 3.05) is 6.54 Å². The van der Waals surface area contributed by atoms with E-state index in [4.69, 9.17) is 0 Å². The minimum atomic E-state index is -0.878. The summed E-state index contributed by atoms with van der Waals surface area (Å²) in [5, 5.41) is 5.84. The van der Waals surface area contributed by atoms with Crippen molar-refractivity contribution < 1.29 is 14.4 Å². The van der Waals surface area contributed by atoms with Crippen LogP contribution >= 0.6 is 0 Å². The molecule has 2 N–H and O–H groups in total. The maximum absolute atomic E-state index is 13.2. The van der Waals surface area contributed by atoms with E-state index in [1.54, 1.807) is 0 Å². The first-order chi connectivity index (χ1) is 13.9. The Labute approximate surface area is 179 Å². The first-order valence-corrected chi connectivity index (χ1v) is 11.0. The third kappa shape index (κ3) is 4.52. The number of imide groups is 1. The summed E-state index contributed by atoms with van der Waals surface area (Å²) in [6, 6.07) is 7.48. The first kappa shape index (κ1) is 22.3. The Balaban J connectivity index is 1.65. The second-order valence-corrected chi connectivity index (χ2v) is 10.4. The van der Waals surface area contributed by atoms with Gasteiger partial charge in [0.25, 0.3) is 5.91 Å². The van der Waals surface area contributed by atoms with Crippen LogP contribution in [0.2, 0.25) is 0 Å². The van der Waals surface area contributed by atoms with Gasteiger partial charge in [-0.1, -0.05) is 58.9 Å². The fraction of sp³-hybridized carbons (Fsp3) is 0.625. The molecule has 1 aliphatic carbocycles. The summed E-state index contributed by atoms with van der Waals surface area (Å²) in [4.78, 5) is 39.5. The zero-order chi connectivity index (χ0) is 22.3. The molecule has 0 radical (unpaired) electrons. The minimum Gasteiger partial charge on any atom is -0.348 e. The van der Waals surface area contributed by atoms with Gasteiger partial charge in [0.1, 0.15) is 12.1 Å². The Bertz CT molecular complexity index is 831. The number of rotatable bonds is 5. The van der Waals surface area contributed by atoms with Crippen LogP contribution in [0.25, 0.3) is 0 Å². The average molecular weight is 414 g/mol. The SMILES string of the molecule is CC(C)c1ccc([C@@H](C)NC(=O)CN2C(=O)N[C@]3(C[C@@H](C)CC(C)(C)C3)C2=O)cc1. The molecule has 2 fully saturated rings. The van der Waals surface area contributed by atoms with Crippen molar-refractivity contribution in [2.45, 2.75) is 78.3 Å². The van der Waals surface area contributed by atoms with E-state index in [1.165, 1.54) is 5.56 Å². The zero-order valence-electron chi connectivity index (χ0n) is 19.0. The number of carbonyl (C=O) groups is 3. The van der Waals surface area contributed by atoms with E-state index in [-0.39, 0.29) is 29.8 Å². The fourth-order valence-electron chi connectivity index (χ4n) is 5.33. The lowest BCUT2D eigenvalue weighted by Crippen LogP contribution is -2.54. The molecule has 4 amide bonds. The molecule has 1 heterocycles. The number of nitrogens with zero attached hydrogens (tertiary/aromatic N) is 1. The Kier molecular flexibility index (Phi) is 5.99. The van der Waals surface area contributed by atoms with Gasteiger partial charge in [-0.2, -0.15) is 0 Å². The summed E-state index contributed by atoms with van der Waals surface area (Å²) in [6.07, 6.45) is 2.24. The molecule has 3 rings (SSSR count). The van der Waals surface area contributed by atoms with Crippen LogP contribution in [0.15, 0.2) is 24.3 Å². The fourth-order valence-corrected chi connectivity index (χ4v) is 5.33. The first-order valence-electron chi connectivity index (χ1n) is 11.0. The third-order valence-electron chi connectivity index (χ3n) is 6.41. The highest BCUT2D eigenvalue weighted by molar-refractivity contribution is 6.09. The lowest BCUT2D eigenvalue weighted by Gasteiger charge is -2.43. The summed E-state index contributed by atoms with van der Waals surface area (Å²) in [5.74, 6) is 0.180. The molecule has 0 aromatic heterocycles. The largest absolute Gasteiger partial charge is 0.348 e. The predicted octanol–water partition coefficient (Wildman–Crippen LogP) is 4.12. The molecule has 1 spiro atoms. The topological polar surface area (TPSA) is 78.5 Å². The van der Waals surface area contributed by atoms with E-state index < -0.39 is 11.6 Å². The molecule has 6 heteroatoms. The smallest absolute Gasteiger partial charge is 0.325 e. The van der Waals surface area contributed by atoms with Crippen LogP contribution in [-0.2, 0) is 9.59 Å². The number of amides is 4. The third-order valence-corrected chi connectivity index (χ3v) is 6.41. The predicted molar refractivity (Wildman–Crippen MR) is 117 cm³/mol. The van der Waals surface area contributed by atoms with Crippen LogP contribution in [0.4, 0.5) is 4.79 Å².